The summed E-state index contributed by atoms with van der Waals surface area (Å²) in [5.74, 6) is 0.946. The molecule has 0 saturated carbocycles. The summed E-state index contributed by atoms with van der Waals surface area (Å²) in [6.07, 6.45) is 5.20. The number of rotatable bonds is 2. The summed E-state index contributed by atoms with van der Waals surface area (Å²) >= 11 is 0. The van der Waals surface area contributed by atoms with Crippen LogP contribution in [0.25, 0.3) is 23.0 Å². The summed E-state index contributed by atoms with van der Waals surface area (Å²) in [7, 11) is 0. The summed E-state index contributed by atoms with van der Waals surface area (Å²) < 4.78 is 5.52. The van der Waals surface area contributed by atoms with Gasteiger partial charge in [-0.15, -0.1) is 10.2 Å². The van der Waals surface area contributed by atoms with Gasteiger partial charge in [-0.2, -0.15) is 0 Å². The smallest absolute Gasteiger partial charge is 0.264 e. The SMILES string of the molecule is c1cncc(-c2nnc(-c3ccc[nH]3)o2)c1. The minimum Gasteiger partial charge on any atom is -0.415 e. The summed E-state index contributed by atoms with van der Waals surface area (Å²) in [5, 5.41) is 7.93. The van der Waals surface area contributed by atoms with Crippen LogP contribution in [0.5, 0.6) is 0 Å². The third kappa shape index (κ3) is 1.48. The summed E-state index contributed by atoms with van der Waals surface area (Å²) in [5.41, 5.74) is 1.62. The Morgan fingerprint density at radius 3 is 2.75 bits per heavy atom. The molecule has 16 heavy (non-hydrogen) atoms. The molecule has 0 atom stereocenters. The first-order valence-electron chi connectivity index (χ1n) is 4.81. The van der Waals surface area contributed by atoms with Crippen LogP contribution in [0.15, 0.2) is 47.3 Å². The Bertz CT molecular complexity index is 571. The van der Waals surface area contributed by atoms with Crippen LogP contribution in [0.2, 0.25) is 0 Å². The highest BCUT2D eigenvalue weighted by molar-refractivity contribution is 5.54. The largest absolute Gasteiger partial charge is 0.415 e. The van der Waals surface area contributed by atoms with Gasteiger partial charge in [-0.3, -0.25) is 4.98 Å². The highest BCUT2D eigenvalue weighted by Gasteiger charge is 2.10. The van der Waals surface area contributed by atoms with E-state index >= 15 is 0 Å². The molecule has 3 aromatic rings. The number of H-pyrrole nitrogens is 1. The monoisotopic (exact) mass is 212 g/mol. The van der Waals surface area contributed by atoms with E-state index in [2.05, 4.69) is 20.2 Å². The van der Waals surface area contributed by atoms with Crippen molar-refractivity contribution in [2.45, 2.75) is 0 Å². The van der Waals surface area contributed by atoms with E-state index < -0.39 is 0 Å². The van der Waals surface area contributed by atoms with Crippen molar-refractivity contribution >= 4 is 0 Å². The number of hydrogen-bond donors (Lipinski definition) is 1. The lowest BCUT2D eigenvalue weighted by Crippen LogP contribution is -1.78. The molecule has 5 heteroatoms. The highest BCUT2D eigenvalue weighted by atomic mass is 16.4. The molecule has 0 unspecified atom stereocenters. The van der Waals surface area contributed by atoms with Crippen LogP contribution >= 0.6 is 0 Å². The second-order valence-corrected chi connectivity index (χ2v) is 3.24. The fourth-order valence-corrected chi connectivity index (χ4v) is 1.40. The van der Waals surface area contributed by atoms with Crippen molar-refractivity contribution in [1.82, 2.24) is 20.2 Å². The Morgan fingerprint density at radius 2 is 2.00 bits per heavy atom. The Kier molecular flexibility index (Phi) is 2.00. The second-order valence-electron chi connectivity index (χ2n) is 3.24. The van der Waals surface area contributed by atoms with Gasteiger partial charge >= 0.3 is 0 Å². The molecule has 0 saturated heterocycles. The van der Waals surface area contributed by atoms with E-state index in [1.165, 1.54) is 0 Å². The van der Waals surface area contributed by atoms with Crippen LogP contribution in [-0.2, 0) is 0 Å². The number of nitrogens with one attached hydrogen (secondary N) is 1. The van der Waals surface area contributed by atoms with Gasteiger partial charge in [0.25, 0.3) is 5.89 Å². The van der Waals surface area contributed by atoms with Crippen molar-refractivity contribution < 1.29 is 4.42 Å². The number of aromatic nitrogens is 4. The molecule has 0 aliphatic carbocycles. The zero-order chi connectivity index (χ0) is 10.8. The number of pyridine rings is 1. The lowest BCUT2D eigenvalue weighted by molar-refractivity contribution is 0.582. The van der Waals surface area contributed by atoms with E-state index in [0.717, 1.165) is 11.3 Å². The predicted octanol–water partition coefficient (Wildman–Crippen LogP) is 2.13. The van der Waals surface area contributed by atoms with Gasteiger partial charge < -0.3 is 9.40 Å². The fraction of sp³-hybridized carbons (Fsp3) is 0. The van der Waals surface area contributed by atoms with Crippen LogP contribution in [-0.4, -0.2) is 20.2 Å². The van der Waals surface area contributed by atoms with Crippen LogP contribution in [0.4, 0.5) is 0 Å². The Balaban J connectivity index is 2.00. The Labute approximate surface area is 91.2 Å². The molecule has 0 fully saturated rings. The van der Waals surface area contributed by atoms with Crippen LogP contribution in [0.3, 0.4) is 0 Å². The fourth-order valence-electron chi connectivity index (χ4n) is 1.40. The van der Waals surface area contributed by atoms with Crippen molar-refractivity contribution in [1.29, 1.82) is 0 Å². The molecule has 0 bridgehead atoms. The van der Waals surface area contributed by atoms with Gasteiger partial charge in [0.05, 0.1) is 5.56 Å². The molecule has 0 aliphatic heterocycles. The molecule has 3 rings (SSSR count). The van der Waals surface area contributed by atoms with Crippen molar-refractivity contribution in [3.05, 3.63) is 42.9 Å². The number of aromatic amines is 1. The molecule has 5 nitrogen and oxygen atoms in total. The quantitative estimate of drug-likeness (QED) is 0.706. The van der Waals surface area contributed by atoms with Gasteiger partial charge in [0.2, 0.25) is 5.89 Å². The van der Waals surface area contributed by atoms with E-state index in [1.54, 1.807) is 12.4 Å². The van der Waals surface area contributed by atoms with E-state index in [9.17, 15) is 0 Å². The number of hydrogen-bond acceptors (Lipinski definition) is 4. The Hall–Kier alpha value is -2.43. The van der Waals surface area contributed by atoms with Gasteiger partial charge in [0.1, 0.15) is 5.69 Å². The predicted molar refractivity (Wildman–Crippen MR) is 57.3 cm³/mol. The maximum Gasteiger partial charge on any atom is 0.264 e. The van der Waals surface area contributed by atoms with Crippen molar-refractivity contribution in [3.63, 3.8) is 0 Å². The van der Waals surface area contributed by atoms with E-state index in [4.69, 9.17) is 4.42 Å². The average molecular weight is 212 g/mol. The molecule has 3 heterocycles. The molecule has 1 N–H and O–H groups in total. The second kappa shape index (κ2) is 3.62. The minimum atomic E-state index is 0.470. The molecule has 0 radical (unpaired) electrons. The molecular formula is C11H8N4O. The summed E-state index contributed by atoms with van der Waals surface area (Å²) in [6.45, 7) is 0. The van der Waals surface area contributed by atoms with Crippen molar-refractivity contribution in [3.8, 4) is 23.0 Å². The molecule has 0 amide bonds. The Morgan fingerprint density at radius 1 is 1.06 bits per heavy atom. The van der Waals surface area contributed by atoms with Crippen LogP contribution in [0.1, 0.15) is 0 Å². The van der Waals surface area contributed by atoms with E-state index in [0.29, 0.717) is 11.8 Å². The zero-order valence-corrected chi connectivity index (χ0v) is 8.29. The molecule has 78 valence electrons. The van der Waals surface area contributed by atoms with Gasteiger partial charge in [-0.1, -0.05) is 0 Å². The third-order valence-corrected chi connectivity index (χ3v) is 2.16. The number of nitrogens with zero attached hydrogens (tertiary/aromatic N) is 3. The summed E-state index contributed by atoms with van der Waals surface area (Å²) in [6, 6.07) is 7.46. The summed E-state index contributed by atoms with van der Waals surface area (Å²) in [4.78, 5) is 7.00. The van der Waals surface area contributed by atoms with E-state index in [1.807, 2.05) is 30.5 Å². The highest BCUT2D eigenvalue weighted by Crippen LogP contribution is 2.21. The minimum absolute atomic E-state index is 0.470. The maximum atomic E-state index is 5.52. The van der Waals surface area contributed by atoms with Crippen LogP contribution < -0.4 is 0 Å². The first kappa shape index (κ1) is 8.84. The first-order valence-corrected chi connectivity index (χ1v) is 4.81. The first-order chi connectivity index (χ1) is 7.93. The molecule has 3 aromatic heterocycles. The molecular weight excluding hydrogens is 204 g/mol. The zero-order valence-electron chi connectivity index (χ0n) is 8.29. The van der Waals surface area contributed by atoms with Gasteiger partial charge in [0.15, 0.2) is 0 Å². The molecule has 0 aromatic carbocycles. The maximum absolute atomic E-state index is 5.52. The van der Waals surface area contributed by atoms with Crippen LogP contribution in [0, 0.1) is 0 Å². The average Bonchev–Trinajstić information content (AvgIpc) is 3.01. The van der Waals surface area contributed by atoms with Crippen molar-refractivity contribution in [2.75, 3.05) is 0 Å². The lowest BCUT2D eigenvalue weighted by Gasteiger charge is -1.91. The van der Waals surface area contributed by atoms with E-state index in [-0.39, 0.29) is 0 Å². The van der Waals surface area contributed by atoms with Crippen molar-refractivity contribution in [2.24, 2.45) is 0 Å². The van der Waals surface area contributed by atoms with Gasteiger partial charge in [0, 0.05) is 18.6 Å². The van der Waals surface area contributed by atoms with Gasteiger partial charge in [-0.05, 0) is 24.3 Å². The van der Waals surface area contributed by atoms with Gasteiger partial charge in [-0.25, -0.2) is 0 Å². The normalized spacial score (nSPS) is 10.5. The molecule has 0 aliphatic rings. The standard InChI is InChI=1S/C11H8N4O/c1-3-8(7-12-5-1)10-14-15-11(16-10)9-4-2-6-13-9/h1-7,13H. The molecule has 0 spiro atoms. The lowest BCUT2D eigenvalue weighted by atomic mass is 10.3. The topological polar surface area (TPSA) is 67.6 Å². The third-order valence-electron chi connectivity index (χ3n) is 2.16.